The molecule has 1 saturated heterocycles. The number of piperidine rings is 1. The monoisotopic (exact) mass is 371 g/mol. The van der Waals surface area contributed by atoms with Crippen molar-refractivity contribution in [2.75, 3.05) is 19.6 Å². The third kappa shape index (κ3) is 4.02. The Balaban J connectivity index is 1.54. The number of nitrogens with one attached hydrogen (secondary N) is 1. The molecule has 7 nitrogen and oxygen atoms in total. The highest BCUT2D eigenvalue weighted by atomic mass is 16.2. The average Bonchev–Trinajstić information content (AvgIpc) is 2.91. The van der Waals surface area contributed by atoms with E-state index in [4.69, 9.17) is 0 Å². The highest BCUT2D eigenvalue weighted by Gasteiger charge is 2.35. The summed E-state index contributed by atoms with van der Waals surface area (Å²) in [6.45, 7) is 4.85. The highest BCUT2D eigenvalue weighted by molar-refractivity contribution is 6.21. The zero-order chi connectivity index (χ0) is 19.6. The quantitative estimate of drug-likeness (QED) is 0.794. The first-order valence-corrected chi connectivity index (χ1v) is 9.42. The van der Waals surface area contributed by atoms with Crippen molar-refractivity contribution >= 4 is 23.6 Å². The van der Waals surface area contributed by atoms with Crippen LogP contribution in [0.2, 0.25) is 0 Å². The molecule has 1 aromatic rings. The van der Waals surface area contributed by atoms with Crippen molar-refractivity contribution in [1.82, 2.24) is 15.1 Å². The van der Waals surface area contributed by atoms with Crippen LogP contribution < -0.4 is 5.32 Å². The molecule has 1 aromatic carbocycles. The van der Waals surface area contributed by atoms with Gasteiger partial charge in [0, 0.05) is 38.0 Å². The fourth-order valence-electron chi connectivity index (χ4n) is 3.50. The molecule has 4 amide bonds. The number of carbonyl (C=O) groups is 4. The van der Waals surface area contributed by atoms with Gasteiger partial charge < -0.3 is 10.2 Å². The third-order valence-electron chi connectivity index (χ3n) is 5.07. The van der Waals surface area contributed by atoms with E-state index < -0.39 is 0 Å². The maximum Gasteiger partial charge on any atom is 0.261 e. The van der Waals surface area contributed by atoms with Gasteiger partial charge in [-0.2, -0.15) is 0 Å². The predicted octanol–water partition coefficient (Wildman–Crippen LogP) is 1.44. The number of benzene rings is 1. The van der Waals surface area contributed by atoms with E-state index in [1.54, 1.807) is 29.2 Å². The minimum atomic E-state index is -0.343. The molecule has 0 aliphatic carbocycles. The van der Waals surface area contributed by atoms with E-state index in [2.05, 4.69) is 5.32 Å². The van der Waals surface area contributed by atoms with Crippen LogP contribution in [0, 0.1) is 5.92 Å². The number of likely N-dealkylation sites (tertiary alicyclic amines) is 1. The van der Waals surface area contributed by atoms with E-state index >= 15 is 0 Å². The van der Waals surface area contributed by atoms with Crippen LogP contribution in [-0.4, -0.2) is 59.1 Å². The van der Waals surface area contributed by atoms with Crippen LogP contribution in [0.3, 0.4) is 0 Å². The topological polar surface area (TPSA) is 86.8 Å². The molecule has 144 valence electrons. The minimum absolute atomic E-state index is 0.0136. The Kier molecular flexibility index (Phi) is 5.58. The van der Waals surface area contributed by atoms with Crippen LogP contribution in [0.15, 0.2) is 24.3 Å². The third-order valence-corrected chi connectivity index (χ3v) is 5.07. The van der Waals surface area contributed by atoms with E-state index in [0.717, 1.165) is 17.7 Å². The summed E-state index contributed by atoms with van der Waals surface area (Å²) in [7, 11) is 0. The van der Waals surface area contributed by atoms with Gasteiger partial charge in [0.25, 0.3) is 11.8 Å². The Bertz CT molecular complexity index is 739. The lowest BCUT2D eigenvalue weighted by atomic mass is 10.0. The molecule has 0 radical (unpaired) electrons. The summed E-state index contributed by atoms with van der Waals surface area (Å²) < 4.78 is 0. The Labute approximate surface area is 158 Å². The van der Waals surface area contributed by atoms with Crippen molar-refractivity contribution in [1.29, 1.82) is 0 Å². The van der Waals surface area contributed by atoms with Crippen molar-refractivity contribution in [3.8, 4) is 0 Å². The van der Waals surface area contributed by atoms with Crippen LogP contribution in [0.25, 0.3) is 0 Å². The molecule has 0 spiro atoms. The normalized spacial score (nSPS) is 19.4. The number of carbonyl (C=O) groups excluding carboxylic acids is 4. The van der Waals surface area contributed by atoms with Crippen LogP contribution in [0.4, 0.5) is 0 Å². The number of imide groups is 1. The summed E-state index contributed by atoms with van der Waals surface area (Å²) in [5, 5.41) is 2.97. The second-order valence-corrected chi connectivity index (χ2v) is 7.40. The molecule has 0 aromatic heterocycles. The fraction of sp³-hybridized carbons (Fsp3) is 0.500. The molecule has 1 N–H and O–H groups in total. The molecule has 0 saturated carbocycles. The number of hydrogen-bond acceptors (Lipinski definition) is 4. The second-order valence-electron chi connectivity index (χ2n) is 7.40. The van der Waals surface area contributed by atoms with Crippen LogP contribution in [-0.2, 0) is 9.59 Å². The van der Waals surface area contributed by atoms with Gasteiger partial charge >= 0.3 is 0 Å². The summed E-state index contributed by atoms with van der Waals surface area (Å²) in [4.78, 5) is 52.0. The molecular weight excluding hydrogens is 346 g/mol. The van der Waals surface area contributed by atoms with Gasteiger partial charge in [-0.25, -0.2) is 0 Å². The Morgan fingerprint density at radius 3 is 2.37 bits per heavy atom. The first-order chi connectivity index (χ1) is 12.9. The molecule has 1 fully saturated rings. The number of fused-ring (bicyclic) bond motifs is 1. The molecule has 2 aliphatic heterocycles. The SMILES string of the molecule is CC(C)C(=O)NC1CCCN(C(=O)CCN2C(=O)c3ccccc3C2=O)C1. The summed E-state index contributed by atoms with van der Waals surface area (Å²) >= 11 is 0. The highest BCUT2D eigenvalue weighted by Crippen LogP contribution is 2.22. The van der Waals surface area contributed by atoms with E-state index in [9.17, 15) is 19.2 Å². The number of hydrogen-bond donors (Lipinski definition) is 1. The molecule has 1 atom stereocenters. The predicted molar refractivity (Wildman–Crippen MR) is 99.0 cm³/mol. The summed E-state index contributed by atoms with van der Waals surface area (Å²) in [6.07, 6.45) is 1.76. The minimum Gasteiger partial charge on any atom is -0.351 e. The van der Waals surface area contributed by atoms with Crippen LogP contribution >= 0.6 is 0 Å². The van der Waals surface area contributed by atoms with Gasteiger partial charge in [-0.1, -0.05) is 26.0 Å². The maximum atomic E-state index is 12.6. The van der Waals surface area contributed by atoms with E-state index in [-0.39, 0.29) is 48.6 Å². The average molecular weight is 371 g/mol. The van der Waals surface area contributed by atoms with Crippen molar-refractivity contribution in [2.24, 2.45) is 5.92 Å². The molecular formula is C20H25N3O4. The molecule has 2 aliphatic rings. The van der Waals surface area contributed by atoms with Gasteiger partial charge in [0.05, 0.1) is 11.1 Å². The maximum absolute atomic E-state index is 12.6. The van der Waals surface area contributed by atoms with Crippen molar-refractivity contribution in [2.45, 2.75) is 39.2 Å². The lowest BCUT2D eigenvalue weighted by Gasteiger charge is -2.34. The van der Waals surface area contributed by atoms with Crippen LogP contribution in [0.5, 0.6) is 0 Å². The number of amides is 4. The van der Waals surface area contributed by atoms with Crippen molar-refractivity contribution in [3.05, 3.63) is 35.4 Å². The van der Waals surface area contributed by atoms with Crippen molar-refractivity contribution in [3.63, 3.8) is 0 Å². The van der Waals surface area contributed by atoms with Gasteiger partial charge in [0.2, 0.25) is 11.8 Å². The van der Waals surface area contributed by atoms with Gasteiger partial charge in [0.1, 0.15) is 0 Å². The fourth-order valence-corrected chi connectivity index (χ4v) is 3.50. The first kappa shape index (κ1) is 19.1. The van der Waals surface area contributed by atoms with E-state index in [0.29, 0.717) is 24.2 Å². The number of nitrogens with zero attached hydrogens (tertiary/aromatic N) is 2. The Morgan fingerprint density at radius 2 is 1.78 bits per heavy atom. The molecule has 27 heavy (non-hydrogen) atoms. The molecule has 7 heteroatoms. The molecule has 1 unspecified atom stereocenters. The van der Waals surface area contributed by atoms with E-state index in [1.165, 1.54) is 0 Å². The zero-order valence-corrected chi connectivity index (χ0v) is 15.7. The largest absolute Gasteiger partial charge is 0.351 e. The second kappa shape index (κ2) is 7.90. The first-order valence-electron chi connectivity index (χ1n) is 9.42. The summed E-state index contributed by atoms with van der Waals surface area (Å²) in [5.41, 5.74) is 0.786. The van der Waals surface area contributed by atoms with Gasteiger partial charge in [-0.15, -0.1) is 0 Å². The standard InChI is InChI=1S/C20H25N3O4/c1-13(2)18(25)21-14-6-5-10-22(12-14)17(24)9-11-23-19(26)15-7-3-4-8-16(15)20(23)27/h3-4,7-8,13-14H,5-6,9-12H2,1-2H3,(H,21,25). The van der Waals surface area contributed by atoms with E-state index in [1.807, 2.05) is 13.8 Å². The number of rotatable bonds is 5. The smallest absolute Gasteiger partial charge is 0.261 e. The zero-order valence-electron chi connectivity index (χ0n) is 15.7. The molecule has 2 heterocycles. The van der Waals surface area contributed by atoms with Gasteiger partial charge in [-0.3, -0.25) is 24.1 Å². The Hall–Kier alpha value is -2.70. The summed E-state index contributed by atoms with van der Waals surface area (Å²) in [6, 6.07) is 6.65. The van der Waals surface area contributed by atoms with Crippen molar-refractivity contribution < 1.29 is 19.2 Å². The summed E-state index contributed by atoms with van der Waals surface area (Å²) in [5.74, 6) is -0.895. The molecule has 3 rings (SSSR count). The van der Waals surface area contributed by atoms with Crippen LogP contribution in [0.1, 0.15) is 53.8 Å². The lowest BCUT2D eigenvalue weighted by Crippen LogP contribution is -2.50. The van der Waals surface area contributed by atoms with Gasteiger partial charge in [-0.05, 0) is 25.0 Å². The Morgan fingerprint density at radius 1 is 1.15 bits per heavy atom. The lowest BCUT2D eigenvalue weighted by molar-refractivity contribution is -0.134. The van der Waals surface area contributed by atoms with Gasteiger partial charge in [0.15, 0.2) is 0 Å². The molecule has 0 bridgehead atoms.